The Labute approximate surface area is 180 Å². The van der Waals surface area contributed by atoms with Gasteiger partial charge >= 0.3 is 0 Å². The number of para-hydroxylation sites is 2. The third kappa shape index (κ3) is 2.91. The molecule has 0 fully saturated rings. The van der Waals surface area contributed by atoms with Crippen LogP contribution in [0.5, 0.6) is 0 Å². The highest BCUT2D eigenvalue weighted by Crippen LogP contribution is 2.41. The van der Waals surface area contributed by atoms with Crippen molar-refractivity contribution in [2.45, 2.75) is 0 Å². The number of nitrogen functional groups attached to an aromatic ring is 1. The van der Waals surface area contributed by atoms with E-state index < -0.39 is 5.82 Å². The molecule has 5 rings (SSSR count). The lowest BCUT2D eigenvalue weighted by atomic mass is 10.1. The van der Waals surface area contributed by atoms with Crippen LogP contribution in [0.25, 0.3) is 26.4 Å². The number of fused-ring (bicyclic) bond motifs is 3. The van der Waals surface area contributed by atoms with Crippen LogP contribution < -0.4 is 11.1 Å². The summed E-state index contributed by atoms with van der Waals surface area (Å²) in [5, 5.41) is 3.77. The molecule has 0 spiro atoms. The summed E-state index contributed by atoms with van der Waals surface area (Å²) < 4.78 is 17.8. The van der Waals surface area contributed by atoms with E-state index in [2.05, 4.69) is 17.0 Å². The lowest BCUT2D eigenvalue weighted by molar-refractivity contribution is 0.631. The Morgan fingerprint density at radius 1 is 1.13 bits per heavy atom. The molecule has 2 heterocycles. The minimum Gasteiger partial charge on any atom is -0.397 e. The molecule has 0 radical (unpaired) electrons. The van der Waals surface area contributed by atoms with Gasteiger partial charge in [0.1, 0.15) is 17.3 Å². The molecule has 2 aromatic heterocycles. The zero-order valence-electron chi connectivity index (χ0n) is 15.6. The predicted molar refractivity (Wildman–Crippen MR) is 124 cm³/mol. The van der Waals surface area contributed by atoms with Crippen molar-refractivity contribution in [3.05, 3.63) is 71.5 Å². The maximum Gasteiger partial charge on any atom is 0.197 e. The maximum absolute atomic E-state index is 14.8. The fourth-order valence-corrected chi connectivity index (χ4v) is 4.66. The molecule has 0 saturated heterocycles. The first-order valence-corrected chi connectivity index (χ1v) is 10.2. The molecule has 3 N–H and O–H groups in total. The molecule has 3 aromatic carbocycles. The molecule has 148 valence electrons. The van der Waals surface area contributed by atoms with Crippen LogP contribution >= 0.6 is 22.9 Å². The van der Waals surface area contributed by atoms with Gasteiger partial charge in [-0.2, -0.15) is 0 Å². The van der Waals surface area contributed by atoms with Crippen LogP contribution in [0.1, 0.15) is 0 Å². The Hall–Kier alpha value is -3.42. The topological polar surface area (TPSA) is 67.7 Å². The molecule has 5 nitrogen and oxygen atoms in total. The second-order valence-corrected chi connectivity index (χ2v) is 8.06. The van der Waals surface area contributed by atoms with E-state index >= 15 is 0 Å². The van der Waals surface area contributed by atoms with Crippen LogP contribution in [-0.2, 0) is 0 Å². The number of benzene rings is 3. The molecule has 30 heavy (non-hydrogen) atoms. The third-order valence-corrected chi connectivity index (χ3v) is 6.17. The lowest BCUT2D eigenvalue weighted by Gasteiger charge is -2.13. The minimum atomic E-state index is -0.410. The van der Waals surface area contributed by atoms with Gasteiger partial charge in [-0.1, -0.05) is 41.1 Å². The van der Waals surface area contributed by atoms with E-state index in [-0.39, 0.29) is 0 Å². The summed E-state index contributed by atoms with van der Waals surface area (Å²) in [6.07, 6.45) is 0. The number of aromatic nitrogens is 2. The zero-order valence-corrected chi connectivity index (χ0v) is 17.1. The van der Waals surface area contributed by atoms with Gasteiger partial charge in [0.05, 0.1) is 32.3 Å². The third-order valence-electron chi connectivity index (χ3n) is 4.83. The highest BCUT2D eigenvalue weighted by atomic mass is 35.5. The van der Waals surface area contributed by atoms with Crippen molar-refractivity contribution in [3.8, 4) is 11.3 Å². The number of nitrogens with one attached hydrogen (secondary N) is 1. The summed E-state index contributed by atoms with van der Waals surface area (Å²) in [7, 11) is 0. The standard InChI is InChI=1S/C22H15ClFN5S/c1-26-12-9-10-15(24)13(11-12)19-21(27-20-14(23)5-4-6-16(20)25)29-17-7-2-3-8-18(17)30-22(29)28-19/h2-11,27H,1,25H2. The maximum atomic E-state index is 14.8. The van der Waals surface area contributed by atoms with E-state index in [4.69, 9.17) is 22.3 Å². The van der Waals surface area contributed by atoms with Gasteiger partial charge in [0.2, 0.25) is 0 Å². The number of thiazole rings is 1. The van der Waals surface area contributed by atoms with Crippen LogP contribution in [0.4, 0.5) is 27.3 Å². The van der Waals surface area contributed by atoms with Crippen molar-refractivity contribution in [2.75, 3.05) is 11.1 Å². The first kappa shape index (κ1) is 18.6. The van der Waals surface area contributed by atoms with Crippen LogP contribution in [0.3, 0.4) is 0 Å². The summed E-state index contributed by atoms with van der Waals surface area (Å²) in [4.78, 5) is 9.38. The average Bonchev–Trinajstić information content (AvgIpc) is 3.27. The van der Waals surface area contributed by atoms with Gasteiger partial charge in [0.25, 0.3) is 0 Å². The van der Waals surface area contributed by atoms with Crippen molar-refractivity contribution in [1.82, 2.24) is 9.38 Å². The van der Waals surface area contributed by atoms with Crippen LogP contribution in [-0.4, -0.2) is 16.1 Å². The Morgan fingerprint density at radius 3 is 2.77 bits per heavy atom. The van der Waals surface area contributed by atoms with Crippen molar-refractivity contribution in [1.29, 1.82) is 0 Å². The highest BCUT2D eigenvalue weighted by Gasteiger charge is 2.22. The number of imidazole rings is 1. The van der Waals surface area contributed by atoms with E-state index in [1.165, 1.54) is 17.4 Å². The summed E-state index contributed by atoms with van der Waals surface area (Å²) in [6.45, 7) is 3.54. The first-order valence-electron chi connectivity index (χ1n) is 9.04. The second kappa shape index (κ2) is 7.12. The Kier molecular flexibility index (Phi) is 4.42. The van der Waals surface area contributed by atoms with Crippen molar-refractivity contribution in [3.63, 3.8) is 0 Å². The molecular weight excluding hydrogens is 421 g/mol. The minimum absolute atomic E-state index is 0.313. The summed E-state index contributed by atoms with van der Waals surface area (Å²) in [5.41, 5.74) is 9.43. The van der Waals surface area contributed by atoms with Crippen LogP contribution in [0, 0.1) is 5.82 Å². The average molecular weight is 436 g/mol. The lowest BCUT2D eigenvalue weighted by Crippen LogP contribution is -2.01. The molecule has 0 atom stereocenters. The Balaban J connectivity index is 1.83. The Morgan fingerprint density at radius 2 is 1.97 bits per heavy atom. The van der Waals surface area contributed by atoms with Gasteiger partial charge in [-0.05, 0) is 49.2 Å². The largest absolute Gasteiger partial charge is 0.397 e. The molecule has 0 unspecified atom stereocenters. The number of nitrogens with zero attached hydrogens (tertiary/aromatic N) is 3. The summed E-state index contributed by atoms with van der Waals surface area (Å²) in [5.74, 6) is 0.162. The number of rotatable bonds is 4. The van der Waals surface area contributed by atoms with E-state index in [1.807, 2.05) is 28.7 Å². The molecule has 0 saturated carbocycles. The zero-order chi connectivity index (χ0) is 20.8. The molecule has 5 aromatic rings. The molecule has 0 aliphatic heterocycles. The monoisotopic (exact) mass is 435 g/mol. The molecule has 0 amide bonds. The van der Waals surface area contributed by atoms with E-state index in [1.54, 1.807) is 30.3 Å². The normalized spacial score (nSPS) is 11.3. The SMILES string of the molecule is C=Nc1ccc(F)c(-c2nc3sc4ccccc4n3c2Nc2c(N)cccc2Cl)c1. The van der Waals surface area contributed by atoms with Crippen LogP contribution in [0.15, 0.2) is 65.7 Å². The summed E-state index contributed by atoms with van der Waals surface area (Å²) >= 11 is 7.92. The van der Waals surface area contributed by atoms with E-state index in [0.29, 0.717) is 39.2 Å². The molecular formula is C22H15ClFN5S. The number of halogens is 2. The quantitative estimate of drug-likeness (QED) is 0.245. The highest BCUT2D eigenvalue weighted by molar-refractivity contribution is 7.23. The van der Waals surface area contributed by atoms with Gasteiger partial charge in [0.15, 0.2) is 4.96 Å². The van der Waals surface area contributed by atoms with Crippen molar-refractivity contribution < 1.29 is 4.39 Å². The van der Waals surface area contributed by atoms with E-state index in [9.17, 15) is 4.39 Å². The number of hydrogen-bond donors (Lipinski definition) is 2. The molecule has 0 aliphatic rings. The smallest absolute Gasteiger partial charge is 0.197 e. The van der Waals surface area contributed by atoms with E-state index in [0.717, 1.165) is 15.2 Å². The van der Waals surface area contributed by atoms with Crippen molar-refractivity contribution in [2.24, 2.45) is 4.99 Å². The van der Waals surface area contributed by atoms with Gasteiger partial charge in [-0.25, -0.2) is 9.37 Å². The van der Waals surface area contributed by atoms with Crippen molar-refractivity contribution >= 4 is 67.7 Å². The number of hydrogen-bond acceptors (Lipinski definition) is 5. The fraction of sp³-hybridized carbons (Fsp3) is 0. The number of nitrogens with two attached hydrogens (primary N) is 1. The van der Waals surface area contributed by atoms with Crippen LogP contribution in [0.2, 0.25) is 5.02 Å². The molecule has 8 heteroatoms. The number of anilines is 3. The van der Waals surface area contributed by atoms with Gasteiger partial charge < -0.3 is 11.1 Å². The first-order chi connectivity index (χ1) is 14.6. The fourth-order valence-electron chi connectivity index (χ4n) is 3.41. The molecule has 0 bridgehead atoms. The predicted octanol–water partition coefficient (Wildman–Crippen LogP) is 6.67. The number of aliphatic imine (C=N–C) groups is 1. The van der Waals surface area contributed by atoms with Gasteiger partial charge in [-0.3, -0.25) is 9.39 Å². The Bertz CT molecular complexity index is 1420. The molecule has 0 aliphatic carbocycles. The van der Waals surface area contributed by atoms with Gasteiger partial charge in [-0.15, -0.1) is 0 Å². The van der Waals surface area contributed by atoms with Gasteiger partial charge in [0, 0.05) is 5.56 Å². The second-order valence-electron chi connectivity index (χ2n) is 6.65. The summed E-state index contributed by atoms with van der Waals surface area (Å²) in [6, 6.07) is 17.7.